The van der Waals surface area contributed by atoms with Gasteiger partial charge in [-0.05, 0) is 19.1 Å². The first-order chi connectivity index (χ1) is 8.71. The van der Waals surface area contributed by atoms with E-state index in [0.29, 0.717) is 23.7 Å². The number of hydrazine groups is 1. The van der Waals surface area contributed by atoms with Crippen LogP contribution in [0.2, 0.25) is 0 Å². The molecule has 0 saturated carbocycles. The van der Waals surface area contributed by atoms with Gasteiger partial charge in [-0.25, -0.2) is 5.84 Å². The minimum Gasteiger partial charge on any atom is -0.490 e. The van der Waals surface area contributed by atoms with Crippen molar-refractivity contribution >= 4 is 5.91 Å². The number of carbonyl (C=O) groups excluding carboxylic acids is 1. The van der Waals surface area contributed by atoms with Crippen LogP contribution >= 0.6 is 0 Å². The molecule has 3 N–H and O–H groups in total. The van der Waals surface area contributed by atoms with Gasteiger partial charge in [-0.15, -0.1) is 0 Å². The van der Waals surface area contributed by atoms with Crippen molar-refractivity contribution in [3.05, 3.63) is 23.8 Å². The summed E-state index contributed by atoms with van der Waals surface area (Å²) in [6, 6.07) is 6.89. The summed E-state index contributed by atoms with van der Waals surface area (Å²) in [7, 11) is 0. The Morgan fingerprint density at radius 1 is 1.44 bits per heavy atom. The molecule has 0 fully saturated rings. The lowest BCUT2D eigenvalue weighted by Gasteiger charge is -2.11. The lowest BCUT2D eigenvalue weighted by molar-refractivity contribution is -0.121. The van der Waals surface area contributed by atoms with Gasteiger partial charge in [0, 0.05) is 6.07 Å². The molecular weight excluding hydrogens is 234 g/mol. The maximum Gasteiger partial charge on any atom is 0.237 e. The van der Waals surface area contributed by atoms with Gasteiger partial charge in [-0.3, -0.25) is 10.2 Å². The molecule has 1 aromatic rings. The van der Waals surface area contributed by atoms with E-state index in [0.717, 1.165) is 0 Å². The summed E-state index contributed by atoms with van der Waals surface area (Å²) >= 11 is 0. The van der Waals surface area contributed by atoms with Crippen molar-refractivity contribution in [1.29, 1.82) is 5.26 Å². The molecule has 0 heterocycles. The van der Waals surface area contributed by atoms with E-state index in [-0.39, 0.29) is 18.9 Å². The van der Waals surface area contributed by atoms with Crippen molar-refractivity contribution in [1.82, 2.24) is 5.43 Å². The van der Waals surface area contributed by atoms with Gasteiger partial charge in [0.1, 0.15) is 0 Å². The zero-order chi connectivity index (χ0) is 13.4. The van der Waals surface area contributed by atoms with Crippen LogP contribution in [0.15, 0.2) is 18.2 Å². The normalized spacial score (nSPS) is 9.39. The number of nitrogens with one attached hydrogen (secondary N) is 1. The molecule has 0 aliphatic carbocycles. The number of hydrogen-bond acceptors (Lipinski definition) is 5. The Bertz CT molecular complexity index is 454. The predicted molar refractivity (Wildman–Crippen MR) is 64.8 cm³/mol. The molecule has 0 atom stereocenters. The number of carbonyl (C=O) groups is 1. The maximum absolute atomic E-state index is 10.9. The summed E-state index contributed by atoms with van der Waals surface area (Å²) in [6.45, 7) is 2.49. The fraction of sp³-hybridized carbons (Fsp3) is 0.333. The highest BCUT2D eigenvalue weighted by molar-refractivity contribution is 5.75. The maximum atomic E-state index is 10.9. The third kappa shape index (κ3) is 3.96. The molecule has 96 valence electrons. The van der Waals surface area contributed by atoms with Crippen molar-refractivity contribution in [2.24, 2.45) is 5.84 Å². The van der Waals surface area contributed by atoms with Gasteiger partial charge in [0.2, 0.25) is 5.91 Å². The molecule has 1 amide bonds. The molecule has 0 unspecified atom stereocenters. The van der Waals surface area contributed by atoms with Crippen molar-refractivity contribution < 1.29 is 14.3 Å². The van der Waals surface area contributed by atoms with Crippen molar-refractivity contribution in [3.63, 3.8) is 0 Å². The number of nitrogens with two attached hydrogens (primary N) is 1. The predicted octanol–water partition coefficient (Wildman–Crippen LogP) is 0.716. The molecule has 1 rings (SSSR count). The molecule has 18 heavy (non-hydrogen) atoms. The molecule has 0 spiro atoms. The smallest absolute Gasteiger partial charge is 0.237 e. The molecule has 0 aliphatic heterocycles. The van der Waals surface area contributed by atoms with Crippen LogP contribution in [0.5, 0.6) is 11.5 Å². The van der Waals surface area contributed by atoms with Crippen LogP contribution in [0.4, 0.5) is 0 Å². The molecule has 1 aromatic carbocycles. The van der Waals surface area contributed by atoms with Gasteiger partial charge in [-0.1, -0.05) is 0 Å². The third-order valence-electron chi connectivity index (χ3n) is 2.12. The van der Waals surface area contributed by atoms with E-state index in [2.05, 4.69) is 0 Å². The minimum atomic E-state index is -0.304. The second-order valence-corrected chi connectivity index (χ2v) is 3.37. The first kappa shape index (κ1) is 13.8. The fourth-order valence-electron chi connectivity index (χ4n) is 1.29. The summed E-state index contributed by atoms with van der Waals surface area (Å²) in [6.07, 6.45) is 0.155. The lowest BCUT2D eigenvalue weighted by Crippen LogP contribution is -2.31. The average Bonchev–Trinajstić information content (AvgIpc) is 2.40. The Hall–Kier alpha value is -2.26. The summed E-state index contributed by atoms with van der Waals surface area (Å²) < 4.78 is 10.8. The molecule has 0 aliphatic rings. The van der Waals surface area contributed by atoms with Gasteiger partial charge in [-0.2, -0.15) is 5.26 Å². The minimum absolute atomic E-state index is 0.155. The summed E-state index contributed by atoms with van der Waals surface area (Å²) in [5, 5.41) is 8.79. The van der Waals surface area contributed by atoms with Crippen LogP contribution in [-0.4, -0.2) is 19.1 Å². The monoisotopic (exact) mass is 249 g/mol. The van der Waals surface area contributed by atoms with Gasteiger partial charge in [0.05, 0.1) is 31.3 Å². The second-order valence-electron chi connectivity index (χ2n) is 3.37. The highest BCUT2D eigenvalue weighted by Crippen LogP contribution is 2.28. The van der Waals surface area contributed by atoms with Crippen LogP contribution in [0, 0.1) is 11.3 Å². The fourth-order valence-corrected chi connectivity index (χ4v) is 1.29. The lowest BCUT2D eigenvalue weighted by atomic mass is 10.2. The number of benzene rings is 1. The van der Waals surface area contributed by atoms with Crippen LogP contribution in [0.25, 0.3) is 0 Å². The van der Waals surface area contributed by atoms with Crippen LogP contribution in [-0.2, 0) is 4.79 Å². The average molecular weight is 249 g/mol. The van der Waals surface area contributed by atoms with Crippen LogP contribution in [0.1, 0.15) is 18.9 Å². The number of ether oxygens (including phenoxy) is 2. The first-order valence-corrected chi connectivity index (χ1v) is 5.50. The Morgan fingerprint density at radius 3 is 2.83 bits per heavy atom. The van der Waals surface area contributed by atoms with Crippen molar-refractivity contribution in [2.45, 2.75) is 13.3 Å². The largest absolute Gasteiger partial charge is 0.490 e. The molecule has 0 radical (unpaired) electrons. The molecule has 0 saturated heterocycles. The summed E-state index contributed by atoms with van der Waals surface area (Å²) in [5.74, 6) is 5.64. The standard InChI is InChI=1S/C12H15N3O3/c1-2-17-11-7-9(8-13)3-4-10(11)18-6-5-12(16)15-14/h3-4,7H,2,5-6,14H2,1H3,(H,15,16). The molecular formula is C12H15N3O3. The molecule has 6 nitrogen and oxygen atoms in total. The number of hydrogen-bond donors (Lipinski definition) is 2. The van der Waals surface area contributed by atoms with E-state index in [1.165, 1.54) is 0 Å². The van der Waals surface area contributed by atoms with Crippen LogP contribution < -0.4 is 20.7 Å². The quantitative estimate of drug-likeness (QED) is 0.439. The number of rotatable bonds is 6. The van der Waals surface area contributed by atoms with Crippen molar-refractivity contribution in [2.75, 3.05) is 13.2 Å². The topological polar surface area (TPSA) is 97.4 Å². The van der Waals surface area contributed by atoms with Crippen LogP contribution in [0.3, 0.4) is 0 Å². The second kappa shape index (κ2) is 7.14. The van der Waals surface area contributed by atoms with E-state index in [1.807, 2.05) is 18.4 Å². The zero-order valence-electron chi connectivity index (χ0n) is 10.1. The summed E-state index contributed by atoms with van der Waals surface area (Å²) in [4.78, 5) is 10.9. The summed E-state index contributed by atoms with van der Waals surface area (Å²) in [5.41, 5.74) is 2.51. The van der Waals surface area contributed by atoms with Gasteiger partial charge in [0.25, 0.3) is 0 Å². The Morgan fingerprint density at radius 2 is 2.22 bits per heavy atom. The van der Waals surface area contributed by atoms with E-state index in [4.69, 9.17) is 20.6 Å². The number of nitrogens with zero attached hydrogens (tertiary/aromatic N) is 1. The molecule has 0 aromatic heterocycles. The van der Waals surface area contributed by atoms with E-state index < -0.39 is 0 Å². The van der Waals surface area contributed by atoms with Gasteiger partial charge >= 0.3 is 0 Å². The molecule has 6 heteroatoms. The van der Waals surface area contributed by atoms with E-state index in [1.54, 1.807) is 18.2 Å². The zero-order valence-corrected chi connectivity index (χ0v) is 10.1. The highest BCUT2D eigenvalue weighted by Gasteiger charge is 2.07. The SMILES string of the molecule is CCOc1cc(C#N)ccc1OCCC(=O)NN. The Kier molecular flexibility index (Phi) is 5.48. The van der Waals surface area contributed by atoms with E-state index in [9.17, 15) is 4.79 Å². The van der Waals surface area contributed by atoms with Gasteiger partial charge in [0.15, 0.2) is 11.5 Å². The van der Waals surface area contributed by atoms with Gasteiger partial charge < -0.3 is 9.47 Å². The highest BCUT2D eigenvalue weighted by atomic mass is 16.5. The molecule has 0 bridgehead atoms. The Labute approximate surface area is 105 Å². The van der Waals surface area contributed by atoms with Crippen molar-refractivity contribution in [3.8, 4) is 17.6 Å². The number of amides is 1. The first-order valence-electron chi connectivity index (χ1n) is 5.50. The third-order valence-corrected chi connectivity index (χ3v) is 2.12. The number of nitriles is 1. The Balaban J connectivity index is 2.69. The van der Waals surface area contributed by atoms with E-state index >= 15 is 0 Å².